The zero-order valence-electron chi connectivity index (χ0n) is 12.4. The number of ether oxygens (including phenoxy) is 2. The third-order valence-electron chi connectivity index (χ3n) is 2.98. The molecule has 0 atom stereocenters. The second-order valence-corrected chi connectivity index (χ2v) is 6.85. The van der Waals surface area contributed by atoms with Crippen molar-refractivity contribution in [2.24, 2.45) is 5.73 Å². The molecule has 0 unspecified atom stereocenters. The highest BCUT2D eigenvalue weighted by atomic mass is 32.1. The maximum Gasteiger partial charge on any atom is 0.0735 e. The highest BCUT2D eigenvalue weighted by molar-refractivity contribution is 7.19. The maximum atomic E-state index is 5.83. The van der Waals surface area contributed by atoms with Gasteiger partial charge in [-0.25, -0.2) is 0 Å². The topological polar surface area (TPSA) is 44.5 Å². The lowest BCUT2D eigenvalue weighted by Crippen LogP contribution is -2.21. The number of hydrogen-bond donors (Lipinski definition) is 1. The van der Waals surface area contributed by atoms with E-state index in [1.54, 1.807) is 11.3 Å². The Morgan fingerprint density at radius 3 is 2.60 bits per heavy atom. The maximum absolute atomic E-state index is 5.83. The zero-order valence-corrected chi connectivity index (χ0v) is 13.3. The van der Waals surface area contributed by atoms with Gasteiger partial charge in [0.05, 0.1) is 25.4 Å². The van der Waals surface area contributed by atoms with Gasteiger partial charge in [-0.1, -0.05) is 18.2 Å². The number of rotatable bonds is 6. The van der Waals surface area contributed by atoms with Crippen LogP contribution in [0.25, 0.3) is 10.1 Å². The van der Waals surface area contributed by atoms with Gasteiger partial charge in [0.25, 0.3) is 0 Å². The van der Waals surface area contributed by atoms with Gasteiger partial charge in [0.1, 0.15) is 0 Å². The van der Waals surface area contributed by atoms with Gasteiger partial charge in [-0.15, -0.1) is 11.3 Å². The fraction of sp³-hybridized carbons (Fsp3) is 0.500. The summed E-state index contributed by atoms with van der Waals surface area (Å²) >= 11 is 1.76. The van der Waals surface area contributed by atoms with Crippen LogP contribution in [0.1, 0.15) is 31.2 Å². The zero-order chi connectivity index (χ0) is 14.6. The van der Waals surface area contributed by atoms with Crippen molar-refractivity contribution >= 4 is 21.4 Å². The SMILES string of the molecule is CC(C)(C)OCCOCc1c(CN)sc2ccccc12. The summed E-state index contributed by atoms with van der Waals surface area (Å²) in [6.07, 6.45) is 0. The molecule has 2 aromatic rings. The summed E-state index contributed by atoms with van der Waals surface area (Å²) in [4.78, 5) is 1.21. The van der Waals surface area contributed by atoms with Gasteiger partial charge in [0.15, 0.2) is 0 Å². The highest BCUT2D eigenvalue weighted by Gasteiger charge is 2.12. The molecule has 0 aliphatic heterocycles. The molecule has 0 aliphatic rings. The van der Waals surface area contributed by atoms with Crippen molar-refractivity contribution in [2.75, 3.05) is 13.2 Å². The van der Waals surface area contributed by atoms with Crippen molar-refractivity contribution in [1.82, 2.24) is 0 Å². The Hall–Kier alpha value is -0.940. The summed E-state index contributed by atoms with van der Waals surface area (Å²) in [6.45, 7) is 8.53. The summed E-state index contributed by atoms with van der Waals surface area (Å²) in [6, 6.07) is 8.38. The molecule has 0 fully saturated rings. The lowest BCUT2D eigenvalue weighted by molar-refractivity contribution is -0.0375. The van der Waals surface area contributed by atoms with E-state index < -0.39 is 0 Å². The van der Waals surface area contributed by atoms with Gasteiger partial charge in [-0.2, -0.15) is 0 Å². The minimum absolute atomic E-state index is 0.110. The van der Waals surface area contributed by atoms with E-state index in [9.17, 15) is 0 Å². The van der Waals surface area contributed by atoms with Gasteiger partial charge in [0, 0.05) is 21.7 Å². The minimum atomic E-state index is -0.110. The van der Waals surface area contributed by atoms with E-state index in [1.165, 1.54) is 20.5 Å². The first kappa shape index (κ1) is 15.4. The smallest absolute Gasteiger partial charge is 0.0735 e. The molecule has 2 N–H and O–H groups in total. The Morgan fingerprint density at radius 2 is 1.90 bits per heavy atom. The Morgan fingerprint density at radius 1 is 1.15 bits per heavy atom. The van der Waals surface area contributed by atoms with Crippen LogP contribution in [0.3, 0.4) is 0 Å². The van der Waals surface area contributed by atoms with Crippen molar-refractivity contribution in [2.45, 2.75) is 39.5 Å². The van der Waals surface area contributed by atoms with Crippen LogP contribution in [0.4, 0.5) is 0 Å². The van der Waals surface area contributed by atoms with Crippen molar-refractivity contribution in [1.29, 1.82) is 0 Å². The molecule has 110 valence electrons. The Kier molecular flexibility index (Phi) is 5.16. The van der Waals surface area contributed by atoms with E-state index in [1.807, 2.05) is 20.8 Å². The molecule has 1 heterocycles. The van der Waals surface area contributed by atoms with Crippen molar-refractivity contribution in [3.63, 3.8) is 0 Å². The largest absolute Gasteiger partial charge is 0.374 e. The summed E-state index contributed by atoms with van der Waals surface area (Å²) in [7, 11) is 0. The molecular formula is C16H23NO2S. The molecule has 0 bridgehead atoms. The van der Waals surface area contributed by atoms with Crippen LogP contribution < -0.4 is 5.73 Å². The second kappa shape index (κ2) is 6.68. The van der Waals surface area contributed by atoms with E-state index in [0.29, 0.717) is 26.4 Å². The van der Waals surface area contributed by atoms with Crippen LogP contribution in [-0.2, 0) is 22.6 Å². The molecule has 0 saturated heterocycles. The first-order valence-electron chi connectivity index (χ1n) is 6.92. The van der Waals surface area contributed by atoms with E-state index in [-0.39, 0.29) is 5.60 Å². The van der Waals surface area contributed by atoms with Crippen LogP contribution in [0.2, 0.25) is 0 Å². The number of nitrogens with two attached hydrogens (primary N) is 1. The summed E-state index contributed by atoms with van der Waals surface area (Å²) < 4.78 is 12.7. The molecule has 4 heteroatoms. The van der Waals surface area contributed by atoms with Crippen molar-refractivity contribution < 1.29 is 9.47 Å². The molecule has 1 aromatic carbocycles. The molecule has 0 spiro atoms. The first-order valence-corrected chi connectivity index (χ1v) is 7.74. The molecule has 0 radical (unpaired) electrons. The third kappa shape index (κ3) is 4.03. The first-order chi connectivity index (χ1) is 9.51. The number of fused-ring (bicyclic) bond motifs is 1. The van der Waals surface area contributed by atoms with E-state index >= 15 is 0 Å². The molecule has 0 aliphatic carbocycles. The molecule has 20 heavy (non-hydrogen) atoms. The fourth-order valence-corrected chi connectivity index (χ4v) is 3.14. The van der Waals surface area contributed by atoms with Gasteiger partial charge in [0.2, 0.25) is 0 Å². The minimum Gasteiger partial charge on any atom is -0.374 e. The van der Waals surface area contributed by atoms with Gasteiger partial charge in [-0.3, -0.25) is 0 Å². The Balaban J connectivity index is 1.95. The normalized spacial score (nSPS) is 12.2. The van der Waals surface area contributed by atoms with Crippen molar-refractivity contribution in [3.05, 3.63) is 34.7 Å². The van der Waals surface area contributed by atoms with Crippen LogP contribution in [0.5, 0.6) is 0 Å². The summed E-state index contributed by atoms with van der Waals surface area (Å²) in [5.74, 6) is 0. The van der Waals surface area contributed by atoms with E-state index in [0.717, 1.165) is 0 Å². The summed E-state index contributed by atoms with van der Waals surface area (Å²) in [5, 5.41) is 1.26. The standard InChI is InChI=1S/C16H23NO2S/c1-16(2,3)19-9-8-18-11-13-12-6-4-5-7-14(12)20-15(13)10-17/h4-7H,8-11,17H2,1-3H3. The average molecular weight is 293 g/mol. The quantitative estimate of drug-likeness (QED) is 0.826. The molecule has 0 saturated carbocycles. The fourth-order valence-electron chi connectivity index (χ4n) is 2.05. The van der Waals surface area contributed by atoms with Crippen LogP contribution in [0, 0.1) is 0 Å². The lowest BCUT2D eigenvalue weighted by Gasteiger charge is -2.19. The van der Waals surface area contributed by atoms with Crippen LogP contribution >= 0.6 is 11.3 Å². The molecule has 3 nitrogen and oxygen atoms in total. The Bertz CT molecular complexity index is 557. The molecule has 2 rings (SSSR count). The molecular weight excluding hydrogens is 270 g/mol. The van der Waals surface area contributed by atoms with Gasteiger partial charge < -0.3 is 15.2 Å². The predicted molar refractivity (Wildman–Crippen MR) is 85.1 cm³/mol. The monoisotopic (exact) mass is 293 g/mol. The number of hydrogen-bond acceptors (Lipinski definition) is 4. The lowest BCUT2D eigenvalue weighted by atomic mass is 10.1. The van der Waals surface area contributed by atoms with Crippen LogP contribution in [-0.4, -0.2) is 18.8 Å². The number of benzene rings is 1. The third-order valence-corrected chi connectivity index (χ3v) is 4.21. The highest BCUT2D eigenvalue weighted by Crippen LogP contribution is 2.31. The van der Waals surface area contributed by atoms with E-state index in [2.05, 4.69) is 24.3 Å². The Labute approximate surface area is 124 Å². The average Bonchev–Trinajstić information content (AvgIpc) is 2.75. The second-order valence-electron chi connectivity index (χ2n) is 5.72. The summed E-state index contributed by atoms with van der Waals surface area (Å²) in [5.41, 5.74) is 6.95. The molecule has 0 amide bonds. The van der Waals surface area contributed by atoms with Crippen molar-refractivity contribution in [3.8, 4) is 0 Å². The predicted octanol–water partition coefficient (Wildman–Crippen LogP) is 3.69. The van der Waals surface area contributed by atoms with E-state index in [4.69, 9.17) is 15.2 Å². The molecule has 1 aromatic heterocycles. The van der Waals surface area contributed by atoms with Gasteiger partial charge in [-0.05, 0) is 32.2 Å². The number of thiophene rings is 1. The van der Waals surface area contributed by atoms with Crippen LogP contribution in [0.15, 0.2) is 24.3 Å². The van der Waals surface area contributed by atoms with Gasteiger partial charge >= 0.3 is 0 Å².